The van der Waals surface area contributed by atoms with E-state index in [2.05, 4.69) is 25.7 Å². The van der Waals surface area contributed by atoms with Crippen molar-refractivity contribution in [2.24, 2.45) is 0 Å². The molecular formula is C17H15FN6O. The van der Waals surface area contributed by atoms with Crippen molar-refractivity contribution in [1.82, 2.24) is 20.4 Å². The maximum absolute atomic E-state index is 13.6. The Morgan fingerprint density at radius 3 is 2.92 bits per heavy atom. The van der Waals surface area contributed by atoms with Gasteiger partial charge in [0.1, 0.15) is 5.82 Å². The molecule has 0 radical (unpaired) electrons. The van der Waals surface area contributed by atoms with E-state index in [1.54, 1.807) is 13.0 Å². The van der Waals surface area contributed by atoms with Gasteiger partial charge in [0.25, 0.3) is 0 Å². The second-order valence-corrected chi connectivity index (χ2v) is 5.76. The van der Waals surface area contributed by atoms with Crippen LogP contribution in [0.2, 0.25) is 0 Å². The lowest BCUT2D eigenvalue weighted by Gasteiger charge is -2.02. The summed E-state index contributed by atoms with van der Waals surface area (Å²) in [6.45, 7) is 1.72. The predicted molar refractivity (Wildman–Crippen MR) is 92.0 cm³/mol. The summed E-state index contributed by atoms with van der Waals surface area (Å²) in [5, 5.41) is 18.6. The molecule has 0 saturated carbocycles. The number of aromatic amines is 1. The third-order valence-corrected chi connectivity index (χ3v) is 3.90. The molecule has 2 aromatic heterocycles. The van der Waals surface area contributed by atoms with Crippen molar-refractivity contribution in [3.05, 3.63) is 59.2 Å². The molecule has 0 unspecified atom stereocenters. The molecule has 25 heavy (non-hydrogen) atoms. The van der Waals surface area contributed by atoms with E-state index in [1.807, 2.05) is 24.3 Å². The maximum Gasteiger partial charge on any atom is 0.320 e. The van der Waals surface area contributed by atoms with Gasteiger partial charge in [0, 0.05) is 11.1 Å². The highest BCUT2D eigenvalue weighted by Gasteiger charge is 2.10. The van der Waals surface area contributed by atoms with Crippen molar-refractivity contribution in [3.8, 4) is 0 Å². The predicted octanol–water partition coefficient (Wildman–Crippen LogP) is 3.31. The van der Waals surface area contributed by atoms with E-state index >= 15 is 0 Å². The van der Waals surface area contributed by atoms with Crippen LogP contribution in [-0.4, -0.2) is 20.4 Å². The minimum absolute atomic E-state index is 0.249. The van der Waals surface area contributed by atoms with Crippen LogP contribution in [0.25, 0.3) is 10.9 Å². The van der Waals surface area contributed by atoms with E-state index in [0.29, 0.717) is 23.7 Å². The Morgan fingerprint density at radius 2 is 2.08 bits per heavy atom. The molecule has 0 atom stereocenters. The fraction of sp³-hybridized carbons (Fsp3) is 0.118. The van der Waals surface area contributed by atoms with Crippen LogP contribution in [0.4, 0.5) is 21.9 Å². The Kier molecular flexibility index (Phi) is 3.57. The first-order valence-corrected chi connectivity index (χ1v) is 7.66. The topological polar surface area (TPSA) is 106 Å². The number of hydrogen-bond acceptors (Lipinski definition) is 6. The summed E-state index contributed by atoms with van der Waals surface area (Å²) in [7, 11) is 0. The van der Waals surface area contributed by atoms with Crippen molar-refractivity contribution in [1.29, 1.82) is 0 Å². The fourth-order valence-electron chi connectivity index (χ4n) is 2.53. The highest BCUT2D eigenvalue weighted by atomic mass is 19.1. The van der Waals surface area contributed by atoms with Crippen LogP contribution >= 0.6 is 0 Å². The third kappa shape index (κ3) is 3.01. The van der Waals surface area contributed by atoms with Crippen LogP contribution < -0.4 is 11.1 Å². The van der Waals surface area contributed by atoms with E-state index in [-0.39, 0.29) is 11.8 Å². The molecule has 4 N–H and O–H groups in total. The van der Waals surface area contributed by atoms with Gasteiger partial charge in [-0.05, 0) is 42.3 Å². The van der Waals surface area contributed by atoms with E-state index in [9.17, 15) is 4.39 Å². The molecule has 0 aliphatic rings. The summed E-state index contributed by atoms with van der Waals surface area (Å²) in [4.78, 5) is 0. The quantitative estimate of drug-likeness (QED) is 0.527. The minimum atomic E-state index is -0.249. The summed E-state index contributed by atoms with van der Waals surface area (Å²) >= 11 is 0. The van der Waals surface area contributed by atoms with Crippen LogP contribution in [0.3, 0.4) is 0 Å². The van der Waals surface area contributed by atoms with Gasteiger partial charge in [-0.25, -0.2) is 4.39 Å². The third-order valence-electron chi connectivity index (χ3n) is 3.90. The van der Waals surface area contributed by atoms with Gasteiger partial charge in [0.2, 0.25) is 5.89 Å². The largest absolute Gasteiger partial charge is 0.408 e. The lowest BCUT2D eigenvalue weighted by molar-refractivity contribution is 0.520. The number of aryl methyl sites for hydroxylation is 1. The standard InChI is InChI=1S/C17H15FN6O/c1-9-2-3-10(6-13(9)18)7-15-22-24-17(25-15)20-11-4-5-14-12(8-11)16(19)23-21-14/h2-6,8H,7H2,1H3,(H,20,24)(H3,19,21,23). The summed E-state index contributed by atoms with van der Waals surface area (Å²) in [6.07, 6.45) is 0.361. The first-order chi connectivity index (χ1) is 12.1. The number of hydrogen-bond donors (Lipinski definition) is 3. The van der Waals surface area contributed by atoms with Crippen molar-refractivity contribution in [2.45, 2.75) is 13.3 Å². The molecule has 0 bridgehead atoms. The normalized spacial score (nSPS) is 11.1. The number of nitrogen functional groups attached to an aromatic ring is 1. The number of nitrogens with two attached hydrogens (primary N) is 1. The van der Waals surface area contributed by atoms with Gasteiger partial charge < -0.3 is 15.5 Å². The van der Waals surface area contributed by atoms with Crippen LogP contribution in [0, 0.1) is 12.7 Å². The number of benzene rings is 2. The molecule has 0 fully saturated rings. The lowest BCUT2D eigenvalue weighted by atomic mass is 10.1. The Morgan fingerprint density at radius 1 is 1.20 bits per heavy atom. The number of rotatable bonds is 4. The zero-order valence-electron chi connectivity index (χ0n) is 13.4. The zero-order valence-corrected chi connectivity index (χ0v) is 13.4. The molecule has 0 amide bonds. The molecular weight excluding hydrogens is 323 g/mol. The Hall–Kier alpha value is -3.42. The van der Waals surface area contributed by atoms with Gasteiger partial charge in [-0.15, -0.1) is 5.10 Å². The van der Waals surface area contributed by atoms with Gasteiger partial charge in [-0.1, -0.05) is 17.2 Å². The Labute approximate surface area is 142 Å². The molecule has 4 aromatic rings. The first kappa shape index (κ1) is 15.1. The summed E-state index contributed by atoms with van der Waals surface area (Å²) in [5.74, 6) is 0.572. The number of halogens is 1. The highest BCUT2D eigenvalue weighted by Crippen LogP contribution is 2.24. The molecule has 0 aliphatic heterocycles. The zero-order chi connectivity index (χ0) is 17.4. The van der Waals surface area contributed by atoms with Gasteiger partial charge in [0.15, 0.2) is 5.82 Å². The smallest absolute Gasteiger partial charge is 0.320 e. The van der Waals surface area contributed by atoms with Gasteiger partial charge in [0.05, 0.1) is 11.9 Å². The SMILES string of the molecule is Cc1ccc(Cc2nnc(Nc3ccc4[nH]nc(N)c4c3)o2)cc1F. The van der Waals surface area contributed by atoms with Crippen LogP contribution in [0.5, 0.6) is 0 Å². The molecule has 7 nitrogen and oxygen atoms in total. The van der Waals surface area contributed by atoms with Crippen molar-refractivity contribution >= 4 is 28.4 Å². The molecule has 126 valence electrons. The number of nitrogens with zero attached hydrogens (tertiary/aromatic N) is 3. The molecule has 0 saturated heterocycles. The summed E-state index contributed by atoms with van der Waals surface area (Å²) in [5.41, 5.74) is 8.76. The first-order valence-electron chi connectivity index (χ1n) is 7.66. The average molecular weight is 338 g/mol. The maximum atomic E-state index is 13.6. The Bertz CT molecular complexity index is 1050. The summed E-state index contributed by atoms with van der Waals surface area (Å²) in [6, 6.07) is 10.8. The van der Waals surface area contributed by atoms with Gasteiger partial charge in [-0.2, -0.15) is 5.10 Å². The highest BCUT2D eigenvalue weighted by molar-refractivity contribution is 5.91. The van der Waals surface area contributed by atoms with E-state index in [1.165, 1.54) is 6.07 Å². The van der Waals surface area contributed by atoms with Crippen molar-refractivity contribution < 1.29 is 8.81 Å². The molecule has 4 rings (SSSR count). The van der Waals surface area contributed by atoms with Crippen molar-refractivity contribution in [3.63, 3.8) is 0 Å². The molecule has 8 heteroatoms. The average Bonchev–Trinajstić information content (AvgIpc) is 3.18. The summed E-state index contributed by atoms with van der Waals surface area (Å²) < 4.78 is 19.2. The fourth-order valence-corrected chi connectivity index (χ4v) is 2.53. The molecule has 2 heterocycles. The number of nitrogens with one attached hydrogen (secondary N) is 2. The van der Waals surface area contributed by atoms with Crippen LogP contribution in [0.1, 0.15) is 17.0 Å². The van der Waals surface area contributed by atoms with Crippen molar-refractivity contribution in [2.75, 3.05) is 11.1 Å². The minimum Gasteiger partial charge on any atom is -0.408 e. The molecule has 0 aliphatic carbocycles. The van der Waals surface area contributed by atoms with E-state index in [0.717, 1.165) is 22.2 Å². The Balaban J connectivity index is 1.52. The second kappa shape index (κ2) is 5.90. The van der Waals surface area contributed by atoms with Gasteiger partial charge >= 0.3 is 6.01 Å². The monoisotopic (exact) mass is 338 g/mol. The molecule has 0 spiro atoms. The number of fused-ring (bicyclic) bond motifs is 1. The number of anilines is 3. The van der Waals surface area contributed by atoms with Crippen LogP contribution in [0.15, 0.2) is 40.8 Å². The van der Waals surface area contributed by atoms with E-state index < -0.39 is 0 Å². The van der Waals surface area contributed by atoms with Crippen LogP contribution in [-0.2, 0) is 6.42 Å². The molecule has 2 aromatic carbocycles. The second-order valence-electron chi connectivity index (χ2n) is 5.76. The van der Waals surface area contributed by atoms with Gasteiger partial charge in [-0.3, -0.25) is 5.10 Å². The number of aromatic nitrogens is 4. The number of H-pyrrole nitrogens is 1. The lowest BCUT2D eigenvalue weighted by Crippen LogP contribution is -1.91. The van der Waals surface area contributed by atoms with E-state index in [4.69, 9.17) is 10.2 Å².